The van der Waals surface area contributed by atoms with E-state index < -0.39 is 0 Å². The van der Waals surface area contributed by atoms with Gasteiger partial charge in [-0.15, -0.1) is 13.2 Å². The quantitative estimate of drug-likeness (QED) is 0.759. The highest BCUT2D eigenvalue weighted by atomic mass is 16.5. The summed E-state index contributed by atoms with van der Waals surface area (Å²) in [6, 6.07) is 4.35. The Morgan fingerprint density at radius 3 is 2.53 bits per heavy atom. The van der Waals surface area contributed by atoms with E-state index in [0.717, 1.165) is 31.0 Å². The van der Waals surface area contributed by atoms with Crippen molar-refractivity contribution in [1.82, 2.24) is 4.90 Å². The van der Waals surface area contributed by atoms with Crippen molar-refractivity contribution in [3.63, 3.8) is 0 Å². The second-order valence-electron chi connectivity index (χ2n) is 4.62. The SMILES string of the molecule is C=CCN1CCc2cc(OC)c(OC)cc2C1C=C. The summed E-state index contributed by atoms with van der Waals surface area (Å²) < 4.78 is 10.8. The van der Waals surface area contributed by atoms with Gasteiger partial charge in [0.2, 0.25) is 0 Å². The van der Waals surface area contributed by atoms with Crippen LogP contribution in [-0.4, -0.2) is 32.2 Å². The first-order valence-electron chi connectivity index (χ1n) is 6.47. The van der Waals surface area contributed by atoms with Crippen LogP contribution in [0, 0.1) is 0 Å². The van der Waals surface area contributed by atoms with E-state index in [0.29, 0.717) is 0 Å². The molecule has 0 radical (unpaired) electrons. The van der Waals surface area contributed by atoms with Gasteiger partial charge in [-0.3, -0.25) is 4.90 Å². The zero-order valence-electron chi connectivity index (χ0n) is 11.7. The van der Waals surface area contributed by atoms with Crippen molar-refractivity contribution in [2.45, 2.75) is 12.5 Å². The summed E-state index contributed by atoms with van der Waals surface area (Å²) in [5, 5.41) is 0. The second-order valence-corrected chi connectivity index (χ2v) is 4.62. The lowest BCUT2D eigenvalue weighted by Gasteiger charge is -2.35. The Bertz CT molecular complexity index is 482. The van der Waals surface area contributed by atoms with Crippen LogP contribution in [0.5, 0.6) is 11.5 Å². The van der Waals surface area contributed by atoms with Crippen molar-refractivity contribution in [3.8, 4) is 11.5 Å². The summed E-state index contributed by atoms with van der Waals surface area (Å²) >= 11 is 0. The molecule has 1 aliphatic rings. The van der Waals surface area contributed by atoms with Gasteiger partial charge in [-0.25, -0.2) is 0 Å². The van der Waals surface area contributed by atoms with Gasteiger partial charge in [0.15, 0.2) is 11.5 Å². The van der Waals surface area contributed by atoms with Gasteiger partial charge in [-0.1, -0.05) is 12.2 Å². The van der Waals surface area contributed by atoms with Crippen LogP contribution in [0.15, 0.2) is 37.4 Å². The molecular weight excluding hydrogens is 238 g/mol. The van der Waals surface area contributed by atoms with Gasteiger partial charge in [0.1, 0.15) is 0 Å². The molecule has 0 fully saturated rings. The van der Waals surface area contributed by atoms with Crippen LogP contribution in [0.2, 0.25) is 0 Å². The average molecular weight is 259 g/mol. The molecule has 1 unspecified atom stereocenters. The van der Waals surface area contributed by atoms with Gasteiger partial charge < -0.3 is 9.47 Å². The first-order chi connectivity index (χ1) is 9.24. The zero-order chi connectivity index (χ0) is 13.8. The van der Waals surface area contributed by atoms with Gasteiger partial charge >= 0.3 is 0 Å². The molecule has 0 N–H and O–H groups in total. The number of methoxy groups -OCH3 is 2. The van der Waals surface area contributed by atoms with Gasteiger partial charge in [0.25, 0.3) is 0 Å². The first-order valence-corrected chi connectivity index (χ1v) is 6.47. The number of nitrogens with zero attached hydrogens (tertiary/aromatic N) is 1. The molecule has 1 aromatic carbocycles. The number of hydrogen-bond donors (Lipinski definition) is 0. The van der Waals surface area contributed by atoms with Gasteiger partial charge in [-0.2, -0.15) is 0 Å². The monoisotopic (exact) mass is 259 g/mol. The Hall–Kier alpha value is -1.74. The molecule has 102 valence electrons. The fourth-order valence-corrected chi connectivity index (χ4v) is 2.68. The largest absolute Gasteiger partial charge is 0.493 e. The number of ether oxygens (including phenoxy) is 2. The Morgan fingerprint density at radius 2 is 1.95 bits per heavy atom. The summed E-state index contributed by atoms with van der Waals surface area (Å²) in [6.07, 6.45) is 4.92. The third-order valence-electron chi connectivity index (χ3n) is 3.61. The van der Waals surface area contributed by atoms with Crippen LogP contribution in [-0.2, 0) is 6.42 Å². The lowest BCUT2D eigenvalue weighted by Crippen LogP contribution is -2.34. The Balaban J connectivity index is 2.45. The van der Waals surface area contributed by atoms with Crippen molar-refractivity contribution in [2.24, 2.45) is 0 Å². The van der Waals surface area contributed by atoms with E-state index in [1.807, 2.05) is 12.2 Å². The molecule has 1 atom stereocenters. The van der Waals surface area contributed by atoms with Crippen LogP contribution in [0.1, 0.15) is 17.2 Å². The van der Waals surface area contributed by atoms with Crippen molar-refractivity contribution in [2.75, 3.05) is 27.3 Å². The van der Waals surface area contributed by atoms with Crippen LogP contribution in [0.3, 0.4) is 0 Å². The molecule has 0 bridgehead atoms. The molecule has 1 aliphatic heterocycles. The smallest absolute Gasteiger partial charge is 0.161 e. The maximum Gasteiger partial charge on any atom is 0.161 e. The lowest BCUT2D eigenvalue weighted by molar-refractivity contribution is 0.242. The van der Waals surface area contributed by atoms with Crippen molar-refractivity contribution >= 4 is 0 Å². The van der Waals surface area contributed by atoms with E-state index in [4.69, 9.17) is 9.47 Å². The van der Waals surface area contributed by atoms with E-state index >= 15 is 0 Å². The molecule has 0 aliphatic carbocycles. The van der Waals surface area contributed by atoms with Gasteiger partial charge in [0, 0.05) is 13.1 Å². The highest BCUT2D eigenvalue weighted by Gasteiger charge is 2.26. The van der Waals surface area contributed by atoms with Crippen molar-refractivity contribution in [3.05, 3.63) is 48.6 Å². The molecule has 1 aromatic rings. The first kappa shape index (κ1) is 13.7. The molecule has 0 spiro atoms. The highest BCUT2D eigenvalue weighted by molar-refractivity contribution is 5.50. The predicted molar refractivity (Wildman–Crippen MR) is 78.0 cm³/mol. The number of rotatable bonds is 5. The molecular formula is C16H21NO2. The second kappa shape index (κ2) is 5.93. The van der Waals surface area contributed by atoms with Crippen LogP contribution in [0.25, 0.3) is 0 Å². The van der Waals surface area contributed by atoms with Crippen molar-refractivity contribution in [1.29, 1.82) is 0 Å². The van der Waals surface area contributed by atoms with E-state index in [2.05, 4.69) is 30.2 Å². The van der Waals surface area contributed by atoms with Crippen molar-refractivity contribution < 1.29 is 9.47 Å². The topological polar surface area (TPSA) is 21.7 Å². The molecule has 2 rings (SSSR count). The number of hydrogen-bond acceptors (Lipinski definition) is 3. The molecule has 0 aromatic heterocycles. The molecule has 3 nitrogen and oxygen atoms in total. The molecule has 0 saturated carbocycles. The lowest BCUT2D eigenvalue weighted by atomic mass is 9.92. The molecule has 0 saturated heterocycles. The van der Waals surface area contributed by atoms with E-state index in [9.17, 15) is 0 Å². The third kappa shape index (κ3) is 2.51. The Kier molecular flexibility index (Phi) is 4.27. The normalized spacial score (nSPS) is 18.5. The minimum atomic E-state index is 0.210. The van der Waals surface area contributed by atoms with Gasteiger partial charge in [0.05, 0.1) is 20.3 Å². The van der Waals surface area contributed by atoms with E-state index in [1.54, 1.807) is 14.2 Å². The fourth-order valence-electron chi connectivity index (χ4n) is 2.68. The molecule has 1 heterocycles. The van der Waals surface area contributed by atoms with Crippen LogP contribution >= 0.6 is 0 Å². The standard InChI is InChI=1S/C16H21NO2/c1-5-8-17-9-7-12-10-15(18-3)16(19-4)11-13(12)14(17)6-2/h5-6,10-11,14H,1-2,7-9H2,3-4H3. The minimum absolute atomic E-state index is 0.210. The summed E-state index contributed by atoms with van der Waals surface area (Å²) in [4.78, 5) is 2.36. The minimum Gasteiger partial charge on any atom is -0.493 e. The zero-order valence-corrected chi connectivity index (χ0v) is 11.7. The third-order valence-corrected chi connectivity index (χ3v) is 3.61. The molecule has 3 heteroatoms. The van der Waals surface area contributed by atoms with Crippen LogP contribution in [0.4, 0.5) is 0 Å². The number of fused-ring (bicyclic) bond motifs is 1. The predicted octanol–water partition coefficient (Wildman–Crippen LogP) is 2.98. The van der Waals surface area contributed by atoms with E-state index in [-0.39, 0.29) is 6.04 Å². The Morgan fingerprint density at radius 1 is 1.26 bits per heavy atom. The van der Waals surface area contributed by atoms with Gasteiger partial charge in [-0.05, 0) is 29.7 Å². The maximum atomic E-state index is 5.39. The highest BCUT2D eigenvalue weighted by Crippen LogP contribution is 2.38. The van der Waals surface area contributed by atoms with E-state index in [1.165, 1.54) is 11.1 Å². The maximum absolute atomic E-state index is 5.39. The Labute approximate surface area is 115 Å². The molecule has 0 amide bonds. The average Bonchev–Trinajstić information content (AvgIpc) is 2.45. The fraction of sp³-hybridized carbons (Fsp3) is 0.375. The summed E-state index contributed by atoms with van der Waals surface area (Å²) in [5.41, 5.74) is 2.56. The van der Waals surface area contributed by atoms with Crippen LogP contribution < -0.4 is 9.47 Å². The number of benzene rings is 1. The molecule has 19 heavy (non-hydrogen) atoms. The summed E-state index contributed by atoms with van der Waals surface area (Å²) in [7, 11) is 3.33. The summed E-state index contributed by atoms with van der Waals surface area (Å²) in [6.45, 7) is 9.66. The summed E-state index contributed by atoms with van der Waals surface area (Å²) in [5.74, 6) is 1.56.